The lowest BCUT2D eigenvalue weighted by atomic mass is 10.4. The molecule has 0 bridgehead atoms. The number of hydrogen-bond acceptors (Lipinski definition) is 4. The SMILES string of the molecule is NC(CF)=NCCSC[C@H](N)C(=O)O. The first kappa shape index (κ1) is 13.2. The number of halogens is 1. The fourth-order valence-electron chi connectivity index (χ4n) is 0.578. The zero-order valence-electron chi connectivity index (χ0n) is 7.65. The second-order valence-electron chi connectivity index (χ2n) is 2.53. The number of hydrogen-bond donors (Lipinski definition) is 3. The fourth-order valence-corrected chi connectivity index (χ4v) is 1.36. The van der Waals surface area contributed by atoms with Crippen LogP contribution in [0.3, 0.4) is 0 Å². The van der Waals surface area contributed by atoms with Gasteiger partial charge in [-0.25, -0.2) is 4.39 Å². The van der Waals surface area contributed by atoms with Gasteiger partial charge in [0.25, 0.3) is 0 Å². The van der Waals surface area contributed by atoms with Crippen molar-refractivity contribution in [2.45, 2.75) is 6.04 Å². The second kappa shape index (κ2) is 7.57. The van der Waals surface area contributed by atoms with Crippen LogP contribution in [-0.2, 0) is 4.79 Å². The summed E-state index contributed by atoms with van der Waals surface area (Å²) in [6.45, 7) is -0.369. The third-order valence-corrected chi connectivity index (χ3v) is 2.37. The number of aliphatic carboxylic acids is 1. The summed E-state index contributed by atoms with van der Waals surface area (Å²) in [5.41, 5.74) is 10.4. The number of carboxylic acids is 1. The molecule has 14 heavy (non-hydrogen) atoms. The Hall–Kier alpha value is -0.820. The Kier molecular flexibility index (Phi) is 7.13. The molecule has 0 unspecified atom stereocenters. The molecule has 0 aliphatic carbocycles. The molecule has 0 amide bonds. The predicted molar refractivity (Wildman–Crippen MR) is 55.4 cm³/mol. The Morgan fingerprint density at radius 1 is 1.64 bits per heavy atom. The summed E-state index contributed by atoms with van der Waals surface area (Å²) in [5.74, 6) is -0.153. The Labute approximate surface area is 85.7 Å². The van der Waals surface area contributed by atoms with Crippen LogP contribution in [-0.4, -0.2) is 47.7 Å². The Bertz CT molecular complexity index is 213. The number of amidine groups is 1. The molecule has 0 heterocycles. The summed E-state index contributed by atoms with van der Waals surface area (Å²) >= 11 is 1.35. The lowest BCUT2D eigenvalue weighted by molar-refractivity contribution is -0.137. The highest BCUT2D eigenvalue weighted by atomic mass is 32.2. The Morgan fingerprint density at radius 2 is 2.29 bits per heavy atom. The molecule has 0 aliphatic heterocycles. The Balaban J connectivity index is 3.43. The summed E-state index contributed by atoms with van der Waals surface area (Å²) < 4.78 is 11.8. The third kappa shape index (κ3) is 6.67. The quantitative estimate of drug-likeness (QED) is 0.305. The van der Waals surface area contributed by atoms with Crippen molar-refractivity contribution in [3.63, 3.8) is 0 Å². The van der Waals surface area contributed by atoms with E-state index >= 15 is 0 Å². The third-order valence-electron chi connectivity index (χ3n) is 1.30. The highest BCUT2D eigenvalue weighted by Crippen LogP contribution is 2.01. The van der Waals surface area contributed by atoms with E-state index in [4.69, 9.17) is 16.6 Å². The molecule has 5 N–H and O–H groups in total. The molecule has 0 aromatic heterocycles. The largest absolute Gasteiger partial charge is 0.480 e. The Morgan fingerprint density at radius 3 is 2.79 bits per heavy atom. The van der Waals surface area contributed by atoms with Crippen molar-refractivity contribution in [3.8, 4) is 0 Å². The molecule has 0 aliphatic rings. The molecular weight excluding hydrogens is 209 g/mol. The smallest absolute Gasteiger partial charge is 0.321 e. The first-order valence-corrected chi connectivity index (χ1v) is 5.14. The van der Waals surface area contributed by atoms with Gasteiger partial charge < -0.3 is 16.6 Å². The van der Waals surface area contributed by atoms with E-state index in [9.17, 15) is 9.18 Å². The highest BCUT2D eigenvalue weighted by Gasteiger charge is 2.10. The number of carbonyl (C=O) groups is 1. The van der Waals surface area contributed by atoms with Crippen molar-refractivity contribution in [3.05, 3.63) is 0 Å². The summed E-state index contributed by atoms with van der Waals surface area (Å²) in [6, 6.07) is -0.859. The predicted octanol–water partition coefficient (Wildman–Crippen LogP) is -0.542. The molecule has 7 heteroatoms. The lowest BCUT2D eigenvalue weighted by Gasteiger charge is -2.04. The van der Waals surface area contributed by atoms with E-state index in [1.54, 1.807) is 0 Å². The number of nitrogens with zero attached hydrogens (tertiary/aromatic N) is 1. The topological polar surface area (TPSA) is 102 Å². The van der Waals surface area contributed by atoms with Gasteiger partial charge in [-0.1, -0.05) is 0 Å². The van der Waals surface area contributed by atoms with Gasteiger partial charge in [-0.15, -0.1) is 0 Å². The number of carboxylic acid groups (broad SMARTS) is 1. The van der Waals surface area contributed by atoms with E-state index in [-0.39, 0.29) is 5.84 Å². The molecule has 0 spiro atoms. The molecule has 0 saturated carbocycles. The van der Waals surface area contributed by atoms with Crippen LogP contribution in [0.4, 0.5) is 4.39 Å². The monoisotopic (exact) mass is 223 g/mol. The molecule has 82 valence electrons. The maximum atomic E-state index is 11.8. The number of rotatable bonds is 7. The van der Waals surface area contributed by atoms with Gasteiger partial charge in [-0.05, 0) is 0 Å². The minimum absolute atomic E-state index is 0.0341. The molecule has 0 aromatic carbocycles. The molecule has 5 nitrogen and oxygen atoms in total. The van der Waals surface area contributed by atoms with Crippen molar-refractivity contribution >= 4 is 23.6 Å². The van der Waals surface area contributed by atoms with Crippen molar-refractivity contribution in [1.82, 2.24) is 0 Å². The summed E-state index contributed by atoms with van der Waals surface area (Å²) in [5, 5.41) is 8.43. The molecule has 0 aromatic rings. The van der Waals surface area contributed by atoms with Gasteiger partial charge in [-0.2, -0.15) is 11.8 Å². The maximum Gasteiger partial charge on any atom is 0.321 e. The lowest BCUT2D eigenvalue weighted by Crippen LogP contribution is -2.32. The average molecular weight is 223 g/mol. The van der Waals surface area contributed by atoms with E-state index in [0.29, 0.717) is 18.1 Å². The van der Waals surface area contributed by atoms with Gasteiger partial charge >= 0.3 is 5.97 Å². The van der Waals surface area contributed by atoms with Gasteiger partial charge in [0.05, 0.1) is 6.54 Å². The zero-order valence-corrected chi connectivity index (χ0v) is 8.47. The number of thioether (sulfide) groups is 1. The second-order valence-corrected chi connectivity index (χ2v) is 3.68. The minimum atomic E-state index is -1.02. The molecule has 0 radical (unpaired) electrons. The van der Waals surface area contributed by atoms with Crippen LogP contribution >= 0.6 is 11.8 Å². The molecule has 0 rings (SSSR count). The molecule has 0 saturated heterocycles. The number of nitrogens with two attached hydrogens (primary N) is 2. The van der Waals surface area contributed by atoms with E-state index < -0.39 is 18.7 Å². The van der Waals surface area contributed by atoms with Gasteiger partial charge in [0.15, 0.2) is 0 Å². The molecular formula is C7H14FN3O2S. The number of alkyl halides is 1. The standard InChI is InChI=1S/C7H14FN3O2S/c8-3-6(10)11-1-2-14-4-5(9)7(12)13/h5H,1-4,9H2,(H2,10,11)(H,12,13)/t5-/m0/s1. The summed E-state index contributed by atoms with van der Waals surface area (Å²) in [6.07, 6.45) is 0. The highest BCUT2D eigenvalue weighted by molar-refractivity contribution is 7.99. The van der Waals surface area contributed by atoms with Gasteiger partial charge in [-0.3, -0.25) is 9.79 Å². The van der Waals surface area contributed by atoms with Crippen LogP contribution in [0, 0.1) is 0 Å². The van der Waals surface area contributed by atoms with Crippen LogP contribution in [0.25, 0.3) is 0 Å². The van der Waals surface area contributed by atoms with E-state index in [2.05, 4.69) is 4.99 Å². The van der Waals surface area contributed by atoms with E-state index in [1.165, 1.54) is 11.8 Å². The van der Waals surface area contributed by atoms with Gasteiger partial charge in [0, 0.05) is 11.5 Å². The van der Waals surface area contributed by atoms with Crippen molar-refractivity contribution in [1.29, 1.82) is 0 Å². The first-order valence-electron chi connectivity index (χ1n) is 3.98. The van der Waals surface area contributed by atoms with Crippen LogP contribution < -0.4 is 11.5 Å². The van der Waals surface area contributed by atoms with Crippen molar-refractivity contribution in [2.75, 3.05) is 24.7 Å². The normalized spacial score (nSPS) is 14.0. The first-order chi connectivity index (χ1) is 6.57. The fraction of sp³-hybridized carbons (Fsp3) is 0.714. The molecule has 1 atom stereocenters. The van der Waals surface area contributed by atoms with Crippen LogP contribution in [0.1, 0.15) is 0 Å². The molecule has 0 fully saturated rings. The summed E-state index contributed by atoms with van der Waals surface area (Å²) in [7, 11) is 0. The summed E-state index contributed by atoms with van der Waals surface area (Å²) in [4.78, 5) is 14.0. The van der Waals surface area contributed by atoms with E-state index in [0.717, 1.165) is 0 Å². The van der Waals surface area contributed by atoms with Crippen LogP contribution in [0.2, 0.25) is 0 Å². The maximum absolute atomic E-state index is 11.8. The zero-order chi connectivity index (χ0) is 11.0. The van der Waals surface area contributed by atoms with Crippen LogP contribution in [0.5, 0.6) is 0 Å². The van der Waals surface area contributed by atoms with Gasteiger partial charge in [0.1, 0.15) is 18.6 Å². The average Bonchev–Trinajstić information content (AvgIpc) is 2.16. The van der Waals surface area contributed by atoms with Crippen molar-refractivity contribution < 1.29 is 14.3 Å². The van der Waals surface area contributed by atoms with Gasteiger partial charge in [0.2, 0.25) is 0 Å². The van der Waals surface area contributed by atoms with E-state index in [1.807, 2.05) is 0 Å². The minimum Gasteiger partial charge on any atom is -0.480 e. The van der Waals surface area contributed by atoms with Crippen LogP contribution in [0.15, 0.2) is 4.99 Å². The van der Waals surface area contributed by atoms with Crippen molar-refractivity contribution in [2.24, 2.45) is 16.5 Å². The number of aliphatic imine (C=N–C) groups is 1.